The highest BCUT2D eigenvalue weighted by Crippen LogP contribution is 2.24. The minimum atomic E-state index is -0.299. The number of benzene rings is 2. The molecule has 0 fully saturated rings. The number of halogens is 1. The van der Waals surface area contributed by atoms with Crippen LogP contribution in [0.3, 0.4) is 0 Å². The van der Waals surface area contributed by atoms with E-state index in [4.69, 9.17) is 17.3 Å². The van der Waals surface area contributed by atoms with Gasteiger partial charge < -0.3 is 16.0 Å². The fourth-order valence-electron chi connectivity index (χ4n) is 2.18. The van der Waals surface area contributed by atoms with Crippen LogP contribution in [0, 0.1) is 0 Å². The number of nitrogens with zero attached hydrogens (tertiary/aromatic N) is 1. The van der Waals surface area contributed by atoms with Crippen LogP contribution in [0.4, 0.5) is 5.69 Å². The number of carbonyl (C=O) groups excluding carboxylic acids is 2. The summed E-state index contributed by atoms with van der Waals surface area (Å²) in [7, 11) is 1.73. The second-order valence-corrected chi connectivity index (χ2v) is 6.47. The van der Waals surface area contributed by atoms with Crippen LogP contribution in [-0.4, -0.2) is 29.8 Å². The van der Waals surface area contributed by atoms with Crippen LogP contribution in [0.1, 0.15) is 40.1 Å². The maximum atomic E-state index is 12.4. The van der Waals surface area contributed by atoms with E-state index in [0.29, 0.717) is 28.4 Å². The van der Waals surface area contributed by atoms with Gasteiger partial charge in [0, 0.05) is 30.8 Å². The van der Waals surface area contributed by atoms with Crippen molar-refractivity contribution in [2.24, 2.45) is 5.73 Å². The van der Waals surface area contributed by atoms with Crippen LogP contribution in [-0.2, 0) is 6.54 Å². The first-order chi connectivity index (χ1) is 11.8. The molecule has 2 aromatic carbocycles. The standard InChI is InChI=1S/C19H22ClN3O2/c1-12(2)23(3)19(25)15-8-9-16(20)17(10-15)22-18(24)14-6-4-13(11-21)5-7-14/h4-10,12H,11,21H2,1-3H3,(H,22,24). The van der Waals surface area contributed by atoms with E-state index < -0.39 is 0 Å². The molecule has 0 aliphatic heterocycles. The summed E-state index contributed by atoms with van der Waals surface area (Å²) >= 11 is 6.17. The zero-order valence-electron chi connectivity index (χ0n) is 14.5. The lowest BCUT2D eigenvalue weighted by Gasteiger charge is -2.22. The van der Waals surface area contributed by atoms with Gasteiger partial charge in [0.25, 0.3) is 11.8 Å². The third kappa shape index (κ3) is 4.59. The summed E-state index contributed by atoms with van der Waals surface area (Å²) in [4.78, 5) is 26.5. The van der Waals surface area contributed by atoms with Crippen molar-refractivity contribution in [1.82, 2.24) is 4.90 Å². The molecule has 0 saturated carbocycles. The van der Waals surface area contributed by atoms with Crippen molar-refractivity contribution in [3.63, 3.8) is 0 Å². The first-order valence-corrected chi connectivity index (χ1v) is 8.38. The van der Waals surface area contributed by atoms with Crippen LogP contribution < -0.4 is 11.1 Å². The average molecular weight is 360 g/mol. The number of nitrogens with two attached hydrogens (primary N) is 1. The summed E-state index contributed by atoms with van der Waals surface area (Å²) in [6.45, 7) is 4.28. The molecule has 0 aliphatic carbocycles. The van der Waals surface area contributed by atoms with E-state index in [1.165, 1.54) is 0 Å². The van der Waals surface area contributed by atoms with E-state index in [-0.39, 0.29) is 17.9 Å². The molecule has 2 rings (SSSR count). The molecule has 132 valence electrons. The first-order valence-electron chi connectivity index (χ1n) is 8.00. The van der Waals surface area contributed by atoms with Gasteiger partial charge in [0.2, 0.25) is 0 Å². The number of nitrogens with one attached hydrogen (secondary N) is 1. The van der Waals surface area contributed by atoms with E-state index in [1.807, 2.05) is 13.8 Å². The number of hydrogen-bond acceptors (Lipinski definition) is 3. The summed E-state index contributed by atoms with van der Waals surface area (Å²) in [6, 6.07) is 11.9. The zero-order valence-corrected chi connectivity index (χ0v) is 15.3. The highest BCUT2D eigenvalue weighted by molar-refractivity contribution is 6.34. The predicted molar refractivity (Wildman–Crippen MR) is 101 cm³/mol. The Morgan fingerprint density at radius 2 is 1.72 bits per heavy atom. The monoisotopic (exact) mass is 359 g/mol. The lowest BCUT2D eigenvalue weighted by molar-refractivity contribution is 0.0754. The highest BCUT2D eigenvalue weighted by Gasteiger charge is 2.17. The molecule has 0 heterocycles. The minimum Gasteiger partial charge on any atom is -0.339 e. The van der Waals surface area contributed by atoms with Crippen molar-refractivity contribution < 1.29 is 9.59 Å². The van der Waals surface area contributed by atoms with Crippen LogP contribution in [0.25, 0.3) is 0 Å². The molecule has 5 nitrogen and oxygen atoms in total. The Bertz CT molecular complexity index is 773. The normalized spacial score (nSPS) is 10.6. The number of amides is 2. The van der Waals surface area contributed by atoms with Gasteiger partial charge in [-0.2, -0.15) is 0 Å². The third-order valence-corrected chi connectivity index (χ3v) is 4.34. The molecule has 0 radical (unpaired) electrons. The van der Waals surface area contributed by atoms with Gasteiger partial charge in [0.1, 0.15) is 0 Å². The molecule has 6 heteroatoms. The number of hydrogen-bond donors (Lipinski definition) is 2. The van der Waals surface area contributed by atoms with E-state index in [2.05, 4.69) is 5.32 Å². The maximum absolute atomic E-state index is 12.4. The van der Waals surface area contributed by atoms with E-state index >= 15 is 0 Å². The van der Waals surface area contributed by atoms with Crippen molar-refractivity contribution >= 4 is 29.1 Å². The summed E-state index contributed by atoms with van der Waals surface area (Å²) in [5.41, 5.74) is 7.86. The minimum absolute atomic E-state index is 0.0716. The van der Waals surface area contributed by atoms with Crippen LogP contribution in [0.15, 0.2) is 42.5 Å². The summed E-state index contributed by atoms with van der Waals surface area (Å²) in [6.07, 6.45) is 0. The fourth-order valence-corrected chi connectivity index (χ4v) is 2.34. The molecule has 25 heavy (non-hydrogen) atoms. The smallest absolute Gasteiger partial charge is 0.255 e. The lowest BCUT2D eigenvalue weighted by Crippen LogP contribution is -2.33. The topological polar surface area (TPSA) is 75.4 Å². The van der Waals surface area contributed by atoms with Crippen LogP contribution in [0.5, 0.6) is 0 Å². The second kappa shape index (κ2) is 8.14. The largest absolute Gasteiger partial charge is 0.339 e. The van der Waals surface area contributed by atoms with Crippen molar-refractivity contribution in [3.05, 3.63) is 64.2 Å². The molecule has 0 aliphatic rings. The molecule has 0 saturated heterocycles. The molecular formula is C19H22ClN3O2. The molecular weight excluding hydrogens is 338 g/mol. The van der Waals surface area contributed by atoms with Gasteiger partial charge in [-0.05, 0) is 49.7 Å². The Labute approximate surface area is 152 Å². The van der Waals surface area contributed by atoms with Gasteiger partial charge in [-0.15, -0.1) is 0 Å². The maximum Gasteiger partial charge on any atom is 0.255 e. The molecule has 0 spiro atoms. The first kappa shape index (κ1) is 19.0. The average Bonchev–Trinajstić information content (AvgIpc) is 2.62. The van der Waals surface area contributed by atoms with Gasteiger partial charge >= 0.3 is 0 Å². The van der Waals surface area contributed by atoms with E-state index in [9.17, 15) is 9.59 Å². The van der Waals surface area contributed by atoms with E-state index in [1.54, 1.807) is 54.4 Å². The number of rotatable bonds is 5. The lowest BCUT2D eigenvalue weighted by atomic mass is 10.1. The molecule has 2 amide bonds. The van der Waals surface area contributed by atoms with Crippen LogP contribution in [0.2, 0.25) is 5.02 Å². The second-order valence-electron chi connectivity index (χ2n) is 6.06. The van der Waals surface area contributed by atoms with Gasteiger partial charge in [0.05, 0.1) is 10.7 Å². The van der Waals surface area contributed by atoms with Crippen molar-refractivity contribution in [1.29, 1.82) is 0 Å². The summed E-state index contributed by atoms with van der Waals surface area (Å²) in [5.74, 6) is -0.429. The quantitative estimate of drug-likeness (QED) is 0.857. The van der Waals surface area contributed by atoms with Gasteiger partial charge in [0.15, 0.2) is 0 Å². The van der Waals surface area contributed by atoms with Crippen molar-refractivity contribution in [2.45, 2.75) is 26.4 Å². The summed E-state index contributed by atoms with van der Waals surface area (Å²) in [5, 5.41) is 3.13. The molecule has 0 bridgehead atoms. The highest BCUT2D eigenvalue weighted by atomic mass is 35.5. The molecule has 0 aromatic heterocycles. The Kier molecular flexibility index (Phi) is 6.17. The Balaban J connectivity index is 2.22. The summed E-state index contributed by atoms with van der Waals surface area (Å²) < 4.78 is 0. The van der Waals surface area contributed by atoms with E-state index in [0.717, 1.165) is 5.56 Å². The van der Waals surface area contributed by atoms with Gasteiger partial charge in [-0.3, -0.25) is 9.59 Å². The number of anilines is 1. The fraction of sp³-hybridized carbons (Fsp3) is 0.263. The zero-order chi connectivity index (χ0) is 18.6. The van der Waals surface area contributed by atoms with Crippen molar-refractivity contribution in [3.8, 4) is 0 Å². The Morgan fingerprint density at radius 1 is 1.12 bits per heavy atom. The molecule has 0 atom stereocenters. The van der Waals surface area contributed by atoms with Gasteiger partial charge in [-0.25, -0.2) is 0 Å². The molecule has 3 N–H and O–H groups in total. The number of carbonyl (C=O) groups is 2. The predicted octanol–water partition coefficient (Wildman–Crippen LogP) is 3.53. The van der Waals surface area contributed by atoms with Crippen molar-refractivity contribution in [2.75, 3.05) is 12.4 Å². The third-order valence-electron chi connectivity index (χ3n) is 4.01. The van der Waals surface area contributed by atoms with Crippen LogP contribution >= 0.6 is 11.6 Å². The molecule has 2 aromatic rings. The van der Waals surface area contributed by atoms with Gasteiger partial charge in [-0.1, -0.05) is 23.7 Å². The Morgan fingerprint density at radius 3 is 2.28 bits per heavy atom. The SMILES string of the molecule is CC(C)N(C)C(=O)c1ccc(Cl)c(NC(=O)c2ccc(CN)cc2)c1. The molecule has 0 unspecified atom stereocenters. The Hall–Kier alpha value is -2.37.